The van der Waals surface area contributed by atoms with E-state index in [0.29, 0.717) is 27.5 Å². The molecule has 0 bridgehead atoms. The van der Waals surface area contributed by atoms with Gasteiger partial charge in [-0.05, 0) is 42.0 Å². The van der Waals surface area contributed by atoms with Gasteiger partial charge in [0.25, 0.3) is 0 Å². The second kappa shape index (κ2) is 6.48. The molecule has 0 spiro atoms. The Balaban J connectivity index is 2.06. The molecule has 0 atom stereocenters. The lowest BCUT2D eigenvalue weighted by molar-refractivity contribution is 0.100. The van der Waals surface area contributed by atoms with Crippen LogP contribution in [-0.4, -0.2) is 15.6 Å². The average molecular weight is 366 g/mol. The summed E-state index contributed by atoms with van der Waals surface area (Å²) in [6.45, 7) is -0.0881. The number of hydrogen-bond donors (Lipinski definition) is 2. The summed E-state index contributed by atoms with van der Waals surface area (Å²) < 4.78 is 29.6. The molecule has 0 unspecified atom stereocenters. The zero-order valence-corrected chi connectivity index (χ0v) is 14.2. The quantitative estimate of drug-likeness (QED) is 0.578. The van der Waals surface area contributed by atoms with Gasteiger partial charge in [-0.2, -0.15) is 0 Å². The summed E-state index contributed by atoms with van der Waals surface area (Å²) in [6, 6.07) is 13.8. The molecule has 0 saturated heterocycles. The van der Waals surface area contributed by atoms with Gasteiger partial charge in [0.1, 0.15) is 11.6 Å². The van der Waals surface area contributed by atoms with Crippen LogP contribution in [0.3, 0.4) is 0 Å². The van der Waals surface area contributed by atoms with Gasteiger partial charge in [0.15, 0.2) is 0 Å². The van der Waals surface area contributed by atoms with E-state index in [1.807, 2.05) is 0 Å². The summed E-state index contributed by atoms with van der Waals surface area (Å²) in [4.78, 5) is 11.9. The largest absolute Gasteiger partial charge is 0.392 e. The minimum atomic E-state index is -0.567. The van der Waals surface area contributed by atoms with Crippen LogP contribution >= 0.6 is 0 Å². The van der Waals surface area contributed by atoms with E-state index in [4.69, 9.17) is 5.73 Å². The van der Waals surface area contributed by atoms with E-state index < -0.39 is 17.5 Å². The summed E-state index contributed by atoms with van der Waals surface area (Å²) >= 11 is 0. The summed E-state index contributed by atoms with van der Waals surface area (Å²) in [5.74, 6) is -1.61. The fourth-order valence-electron chi connectivity index (χ4n) is 3.50. The van der Waals surface area contributed by atoms with Crippen LogP contribution in [-0.2, 0) is 13.2 Å². The van der Waals surface area contributed by atoms with Crippen LogP contribution in [0.2, 0.25) is 0 Å². The summed E-state index contributed by atoms with van der Waals surface area (Å²) in [5.41, 5.74) is 8.13. The molecule has 0 radical (unpaired) electrons. The number of hydrogen-bond acceptors (Lipinski definition) is 2. The predicted octanol–water partition coefficient (Wildman–Crippen LogP) is 3.71. The molecule has 6 heteroatoms. The number of primary amides is 1. The monoisotopic (exact) mass is 366 g/mol. The van der Waals surface area contributed by atoms with Gasteiger partial charge in [-0.3, -0.25) is 4.79 Å². The maximum Gasteiger partial charge on any atom is 0.249 e. The Kier molecular flexibility index (Phi) is 4.12. The number of nitrogens with two attached hydrogens (primary N) is 1. The van der Waals surface area contributed by atoms with E-state index in [1.165, 1.54) is 0 Å². The van der Waals surface area contributed by atoms with Gasteiger partial charge in [-0.25, -0.2) is 8.78 Å². The Hall–Kier alpha value is -3.25. The molecule has 1 amide bonds. The van der Waals surface area contributed by atoms with Crippen molar-refractivity contribution in [2.75, 3.05) is 0 Å². The molecule has 27 heavy (non-hydrogen) atoms. The second-order valence-electron chi connectivity index (χ2n) is 6.40. The highest BCUT2D eigenvalue weighted by Crippen LogP contribution is 2.33. The lowest BCUT2D eigenvalue weighted by Crippen LogP contribution is -2.11. The molecule has 0 aliphatic carbocycles. The van der Waals surface area contributed by atoms with Gasteiger partial charge in [0.05, 0.1) is 18.7 Å². The minimum absolute atomic E-state index is 0.0701. The van der Waals surface area contributed by atoms with Crippen molar-refractivity contribution in [3.05, 3.63) is 82.9 Å². The van der Waals surface area contributed by atoms with E-state index in [2.05, 4.69) is 0 Å². The highest BCUT2D eigenvalue weighted by Gasteiger charge is 2.18. The van der Waals surface area contributed by atoms with Gasteiger partial charge >= 0.3 is 0 Å². The topological polar surface area (TPSA) is 68.2 Å². The number of fused-ring (bicyclic) bond motifs is 3. The standard InChI is InChI=1S/C21H16F2N2O2/c22-14-5-7-17(23)13(9-14)10-25-18-3-1-2-16(21(24)27)20(18)15-6-4-12(11-26)8-19(15)25/h1-9,26H,10-11H2,(H2,24,27). The van der Waals surface area contributed by atoms with Crippen molar-refractivity contribution in [3.8, 4) is 0 Å². The average Bonchev–Trinajstić information content (AvgIpc) is 2.97. The Morgan fingerprint density at radius 2 is 1.85 bits per heavy atom. The number of halogens is 2. The molecule has 0 saturated carbocycles. The first kappa shape index (κ1) is 17.2. The molecule has 1 heterocycles. The third-order valence-electron chi connectivity index (χ3n) is 4.74. The van der Waals surface area contributed by atoms with E-state index in [1.54, 1.807) is 41.0 Å². The number of aliphatic hydroxyl groups excluding tert-OH is 1. The van der Waals surface area contributed by atoms with Crippen LogP contribution in [0.1, 0.15) is 21.5 Å². The predicted molar refractivity (Wildman–Crippen MR) is 99.3 cm³/mol. The van der Waals surface area contributed by atoms with Gasteiger partial charge < -0.3 is 15.4 Å². The molecule has 0 aliphatic rings. The number of rotatable bonds is 4. The Morgan fingerprint density at radius 3 is 2.59 bits per heavy atom. The highest BCUT2D eigenvalue weighted by atomic mass is 19.1. The Morgan fingerprint density at radius 1 is 1.04 bits per heavy atom. The Bertz CT molecular complexity index is 1200. The second-order valence-corrected chi connectivity index (χ2v) is 6.40. The fraction of sp³-hybridized carbons (Fsp3) is 0.0952. The van der Waals surface area contributed by atoms with Crippen LogP contribution in [0.15, 0.2) is 54.6 Å². The van der Waals surface area contributed by atoms with Crippen LogP contribution < -0.4 is 5.73 Å². The molecular formula is C21H16F2N2O2. The van der Waals surface area contributed by atoms with E-state index in [0.717, 1.165) is 23.6 Å². The lowest BCUT2D eigenvalue weighted by atomic mass is 10.0. The third kappa shape index (κ3) is 2.84. The highest BCUT2D eigenvalue weighted by molar-refractivity contribution is 6.17. The SMILES string of the molecule is NC(=O)c1cccc2c1c1ccc(CO)cc1n2Cc1cc(F)ccc1F. The van der Waals surface area contributed by atoms with E-state index in [-0.39, 0.29) is 18.7 Å². The van der Waals surface area contributed by atoms with Crippen LogP contribution in [0, 0.1) is 11.6 Å². The van der Waals surface area contributed by atoms with Gasteiger partial charge in [0.2, 0.25) is 5.91 Å². The number of amides is 1. The first-order valence-electron chi connectivity index (χ1n) is 8.38. The van der Waals surface area contributed by atoms with E-state index >= 15 is 0 Å². The first-order valence-corrected chi connectivity index (χ1v) is 8.38. The van der Waals surface area contributed by atoms with Gasteiger partial charge in [-0.15, -0.1) is 0 Å². The first-order chi connectivity index (χ1) is 13.0. The number of aliphatic hydroxyl groups is 1. The molecule has 3 aromatic carbocycles. The van der Waals surface area contributed by atoms with E-state index in [9.17, 15) is 18.7 Å². The van der Waals surface area contributed by atoms with Gasteiger partial charge in [-0.1, -0.05) is 18.2 Å². The number of nitrogens with zero attached hydrogens (tertiary/aromatic N) is 1. The summed E-state index contributed by atoms with van der Waals surface area (Å²) in [7, 11) is 0. The number of carbonyl (C=O) groups is 1. The zero-order valence-electron chi connectivity index (χ0n) is 14.2. The number of aromatic nitrogens is 1. The molecule has 4 nitrogen and oxygen atoms in total. The third-order valence-corrected chi connectivity index (χ3v) is 4.74. The number of benzene rings is 3. The molecule has 3 N–H and O–H groups in total. The van der Waals surface area contributed by atoms with Crippen molar-refractivity contribution in [1.82, 2.24) is 4.57 Å². The van der Waals surface area contributed by atoms with Crippen LogP contribution in [0.4, 0.5) is 8.78 Å². The summed E-state index contributed by atoms with van der Waals surface area (Å²) in [6.07, 6.45) is 0. The Labute approximate surface area is 153 Å². The van der Waals surface area contributed by atoms with Crippen molar-refractivity contribution < 1.29 is 18.7 Å². The maximum absolute atomic E-state index is 14.2. The van der Waals surface area contributed by atoms with Crippen molar-refractivity contribution >= 4 is 27.7 Å². The molecule has 0 fully saturated rings. The van der Waals surface area contributed by atoms with Crippen molar-refractivity contribution in [3.63, 3.8) is 0 Å². The molecule has 0 aliphatic heterocycles. The normalized spacial score (nSPS) is 11.4. The summed E-state index contributed by atoms with van der Waals surface area (Å²) in [5, 5.41) is 10.9. The zero-order chi connectivity index (χ0) is 19.1. The van der Waals surface area contributed by atoms with Crippen molar-refractivity contribution in [2.24, 2.45) is 5.73 Å². The molecule has 136 valence electrons. The van der Waals surface area contributed by atoms with Crippen molar-refractivity contribution in [2.45, 2.75) is 13.2 Å². The molecule has 4 rings (SSSR count). The molecule has 4 aromatic rings. The lowest BCUT2D eigenvalue weighted by Gasteiger charge is -2.10. The molecule has 1 aromatic heterocycles. The minimum Gasteiger partial charge on any atom is -0.392 e. The van der Waals surface area contributed by atoms with Crippen LogP contribution in [0.5, 0.6) is 0 Å². The smallest absolute Gasteiger partial charge is 0.249 e. The van der Waals surface area contributed by atoms with Gasteiger partial charge in [0, 0.05) is 27.4 Å². The van der Waals surface area contributed by atoms with Crippen LogP contribution in [0.25, 0.3) is 21.8 Å². The molecular weight excluding hydrogens is 350 g/mol. The number of carbonyl (C=O) groups excluding carboxylic acids is 1. The van der Waals surface area contributed by atoms with Crippen molar-refractivity contribution in [1.29, 1.82) is 0 Å². The fourth-order valence-corrected chi connectivity index (χ4v) is 3.50. The maximum atomic E-state index is 14.2.